The zero-order chi connectivity index (χ0) is 10.9. The van der Waals surface area contributed by atoms with Crippen molar-refractivity contribution in [1.82, 2.24) is 10.3 Å². The van der Waals surface area contributed by atoms with Crippen molar-refractivity contribution in [3.8, 4) is 0 Å². The SMILES string of the molecule is CCNCC1CC1(C)c1cncc(F)c1. The Kier molecular flexibility index (Phi) is 2.74. The zero-order valence-electron chi connectivity index (χ0n) is 9.26. The second-order valence-corrected chi connectivity index (χ2v) is 4.52. The highest BCUT2D eigenvalue weighted by atomic mass is 19.1. The van der Waals surface area contributed by atoms with E-state index < -0.39 is 0 Å². The highest BCUT2D eigenvalue weighted by Gasteiger charge is 2.50. The summed E-state index contributed by atoms with van der Waals surface area (Å²) >= 11 is 0. The number of rotatable bonds is 4. The second-order valence-electron chi connectivity index (χ2n) is 4.52. The average Bonchev–Trinajstić information content (AvgIpc) is 2.88. The van der Waals surface area contributed by atoms with Crippen molar-refractivity contribution >= 4 is 0 Å². The smallest absolute Gasteiger partial charge is 0.141 e. The zero-order valence-corrected chi connectivity index (χ0v) is 9.26. The number of nitrogens with zero attached hydrogens (tertiary/aromatic N) is 1. The summed E-state index contributed by atoms with van der Waals surface area (Å²) in [6, 6.07) is 1.61. The summed E-state index contributed by atoms with van der Waals surface area (Å²) in [6.45, 7) is 6.30. The number of hydrogen-bond acceptors (Lipinski definition) is 2. The Morgan fingerprint density at radius 1 is 1.60 bits per heavy atom. The highest BCUT2D eigenvalue weighted by molar-refractivity contribution is 5.30. The van der Waals surface area contributed by atoms with Gasteiger partial charge in [0.05, 0.1) is 6.20 Å². The molecule has 0 radical (unpaired) electrons. The van der Waals surface area contributed by atoms with Gasteiger partial charge < -0.3 is 5.32 Å². The molecule has 1 aromatic heterocycles. The third-order valence-electron chi connectivity index (χ3n) is 3.42. The quantitative estimate of drug-likeness (QED) is 0.819. The molecule has 0 amide bonds. The fourth-order valence-electron chi connectivity index (χ4n) is 2.15. The predicted octanol–water partition coefficient (Wildman–Crippen LogP) is 2.11. The molecule has 2 rings (SSSR count). The topological polar surface area (TPSA) is 24.9 Å². The van der Waals surface area contributed by atoms with Crippen LogP contribution in [0.2, 0.25) is 0 Å². The van der Waals surface area contributed by atoms with E-state index in [0.29, 0.717) is 5.92 Å². The lowest BCUT2D eigenvalue weighted by atomic mass is 9.97. The van der Waals surface area contributed by atoms with Gasteiger partial charge >= 0.3 is 0 Å². The molecule has 3 heteroatoms. The summed E-state index contributed by atoms with van der Waals surface area (Å²) < 4.78 is 13.0. The molecule has 1 fully saturated rings. The molecule has 0 aliphatic heterocycles. The molecule has 2 atom stereocenters. The van der Waals surface area contributed by atoms with Crippen molar-refractivity contribution in [2.24, 2.45) is 5.92 Å². The van der Waals surface area contributed by atoms with Crippen LogP contribution >= 0.6 is 0 Å². The maximum atomic E-state index is 13.0. The van der Waals surface area contributed by atoms with Crippen LogP contribution in [0.25, 0.3) is 0 Å². The van der Waals surface area contributed by atoms with Gasteiger partial charge in [0.1, 0.15) is 5.82 Å². The van der Waals surface area contributed by atoms with Gasteiger partial charge in [-0.1, -0.05) is 13.8 Å². The standard InChI is InChI=1S/C12H17FN2/c1-3-14-7-10-5-12(10,2)9-4-11(13)8-15-6-9/h4,6,8,10,14H,3,5,7H2,1-2H3. The van der Waals surface area contributed by atoms with Crippen LogP contribution in [-0.4, -0.2) is 18.1 Å². The Morgan fingerprint density at radius 2 is 2.40 bits per heavy atom. The molecule has 0 bridgehead atoms. The van der Waals surface area contributed by atoms with E-state index in [9.17, 15) is 4.39 Å². The second kappa shape index (κ2) is 3.89. The van der Waals surface area contributed by atoms with E-state index in [0.717, 1.165) is 25.1 Å². The van der Waals surface area contributed by atoms with Crippen molar-refractivity contribution in [3.05, 3.63) is 29.8 Å². The van der Waals surface area contributed by atoms with Crippen LogP contribution in [0.3, 0.4) is 0 Å². The third kappa shape index (κ3) is 2.02. The third-order valence-corrected chi connectivity index (χ3v) is 3.42. The van der Waals surface area contributed by atoms with Gasteiger partial charge in [-0.3, -0.25) is 4.98 Å². The first-order valence-electron chi connectivity index (χ1n) is 5.48. The Balaban J connectivity index is 2.06. The maximum Gasteiger partial charge on any atom is 0.141 e. The molecule has 1 aliphatic rings. The van der Waals surface area contributed by atoms with Crippen molar-refractivity contribution in [1.29, 1.82) is 0 Å². The molecule has 1 N–H and O–H groups in total. The van der Waals surface area contributed by atoms with Gasteiger partial charge in [0.25, 0.3) is 0 Å². The minimum atomic E-state index is -0.233. The van der Waals surface area contributed by atoms with Gasteiger partial charge in [0.2, 0.25) is 0 Å². The first-order valence-corrected chi connectivity index (χ1v) is 5.48. The monoisotopic (exact) mass is 208 g/mol. The van der Waals surface area contributed by atoms with Gasteiger partial charge in [0.15, 0.2) is 0 Å². The van der Waals surface area contributed by atoms with E-state index in [2.05, 4.69) is 24.1 Å². The van der Waals surface area contributed by atoms with Gasteiger partial charge in [0, 0.05) is 6.20 Å². The van der Waals surface area contributed by atoms with Crippen LogP contribution in [0.4, 0.5) is 4.39 Å². The Bertz CT molecular complexity index is 353. The molecule has 1 saturated carbocycles. The molecule has 82 valence electrons. The number of nitrogens with one attached hydrogen (secondary N) is 1. The lowest BCUT2D eigenvalue weighted by molar-refractivity contribution is 0.578. The van der Waals surface area contributed by atoms with Gasteiger partial charge in [-0.2, -0.15) is 0 Å². The maximum absolute atomic E-state index is 13.0. The summed E-state index contributed by atoms with van der Waals surface area (Å²) in [4.78, 5) is 3.91. The molecule has 2 nitrogen and oxygen atoms in total. The fraction of sp³-hybridized carbons (Fsp3) is 0.583. The van der Waals surface area contributed by atoms with Crippen LogP contribution in [0.15, 0.2) is 18.5 Å². The summed E-state index contributed by atoms with van der Waals surface area (Å²) in [7, 11) is 0. The first-order chi connectivity index (χ1) is 7.16. The molecule has 1 aliphatic carbocycles. The van der Waals surface area contributed by atoms with Crippen molar-refractivity contribution < 1.29 is 4.39 Å². The van der Waals surface area contributed by atoms with E-state index in [1.165, 1.54) is 6.20 Å². The van der Waals surface area contributed by atoms with Crippen LogP contribution in [0, 0.1) is 11.7 Å². The lowest BCUT2D eigenvalue weighted by Crippen LogP contribution is -2.19. The van der Waals surface area contributed by atoms with Crippen molar-refractivity contribution in [2.45, 2.75) is 25.7 Å². The van der Waals surface area contributed by atoms with Crippen molar-refractivity contribution in [3.63, 3.8) is 0 Å². The molecule has 1 heterocycles. The van der Waals surface area contributed by atoms with E-state index in [-0.39, 0.29) is 11.2 Å². The molecule has 1 aromatic rings. The number of pyridine rings is 1. The minimum absolute atomic E-state index is 0.136. The van der Waals surface area contributed by atoms with Crippen LogP contribution < -0.4 is 5.32 Å². The van der Waals surface area contributed by atoms with Gasteiger partial charge in [-0.15, -0.1) is 0 Å². The van der Waals surface area contributed by atoms with Crippen LogP contribution in [0.1, 0.15) is 25.8 Å². The molecule has 0 aromatic carbocycles. The van der Waals surface area contributed by atoms with Gasteiger partial charge in [-0.25, -0.2) is 4.39 Å². The Hall–Kier alpha value is -0.960. The Labute approximate surface area is 89.9 Å². The normalized spacial score (nSPS) is 29.1. The lowest BCUT2D eigenvalue weighted by Gasteiger charge is -2.11. The molecular weight excluding hydrogens is 191 g/mol. The molecule has 0 saturated heterocycles. The Morgan fingerprint density at radius 3 is 3.07 bits per heavy atom. The highest BCUT2D eigenvalue weighted by Crippen LogP contribution is 2.53. The summed E-state index contributed by atoms with van der Waals surface area (Å²) in [5, 5.41) is 3.34. The first kappa shape index (κ1) is 10.6. The average molecular weight is 208 g/mol. The van der Waals surface area contributed by atoms with Crippen LogP contribution in [-0.2, 0) is 5.41 Å². The molecule has 15 heavy (non-hydrogen) atoms. The predicted molar refractivity (Wildman–Crippen MR) is 58.2 cm³/mol. The number of halogens is 1. The summed E-state index contributed by atoms with van der Waals surface area (Å²) in [6.07, 6.45) is 4.18. The molecular formula is C12H17FN2. The van der Waals surface area contributed by atoms with E-state index >= 15 is 0 Å². The summed E-state index contributed by atoms with van der Waals surface area (Å²) in [5.74, 6) is 0.392. The van der Waals surface area contributed by atoms with E-state index in [1.807, 2.05) is 0 Å². The summed E-state index contributed by atoms with van der Waals surface area (Å²) in [5.41, 5.74) is 1.17. The van der Waals surface area contributed by atoms with Gasteiger partial charge in [-0.05, 0) is 42.5 Å². The largest absolute Gasteiger partial charge is 0.317 e. The number of hydrogen-bond donors (Lipinski definition) is 1. The van der Waals surface area contributed by atoms with Crippen LogP contribution in [0.5, 0.6) is 0 Å². The van der Waals surface area contributed by atoms with E-state index in [1.54, 1.807) is 12.3 Å². The molecule has 0 spiro atoms. The van der Waals surface area contributed by atoms with Crippen molar-refractivity contribution in [2.75, 3.05) is 13.1 Å². The number of aromatic nitrogens is 1. The molecule has 2 unspecified atom stereocenters. The van der Waals surface area contributed by atoms with E-state index in [4.69, 9.17) is 0 Å². The fourth-order valence-corrected chi connectivity index (χ4v) is 2.15. The minimum Gasteiger partial charge on any atom is -0.317 e.